The highest BCUT2D eigenvalue weighted by molar-refractivity contribution is 7.89. The van der Waals surface area contributed by atoms with Crippen molar-refractivity contribution >= 4 is 22.0 Å². The van der Waals surface area contributed by atoms with Crippen molar-refractivity contribution in [3.8, 4) is 0 Å². The smallest absolute Gasteiger partial charge is 0.475 e. The molecule has 0 amide bonds. The van der Waals surface area contributed by atoms with Crippen molar-refractivity contribution in [1.82, 2.24) is 14.6 Å². The number of rotatable bonds is 5. The zero-order chi connectivity index (χ0) is 30.2. The third kappa shape index (κ3) is 9.75. The normalized spacial score (nSPS) is 18.8. The number of benzene rings is 1. The van der Waals surface area contributed by atoms with E-state index in [1.54, 1.807) is 24.3 Å². The molecule has 3 N–H and O–H groups in total. The van der Waals surface area contributed by atoms with Crippen LogP contribution in [0.5, 0.6) is 0 Å². The van der Waals surface area contributed by atoms with Crippen molar-refractivity contribution < 1.29 is 54.6 Å². The van der Waals surface area contributed by atoms with Crippen molar-refractivity contribution in [1.29, 1.82) is 0 Å². The first-order chi connectivity index (χ1) is 18.5. The lowest BCUT2D eigenvalue weighted by atomic mass is 9.59. The van der Waals surface area contributed by atoms with Gasteiger partial charge in [-0.05, 0) is 68.5 Å². The van der Waals surface area contributed by atoms with Gasteiger partial charge in [0.15, 0.2) is 0 Å². The number of halogens is 6. The number of likely N-dealkylation sites (tertiary alicyclic amines) is 1. The Hall–Kier alpha value is -3.24. The molecule has 1 unspecified atom stereocenters. The fraction of sp³-hybridized carbons (Fsp3) is 0.458. The Kier molecular flexibility index (Phi) is 11.1. The minimum Gasteiger partial charge on any atom is -0.475 e. The van der Waals surface area contributed by atoms with Crippen LogP contribution in [0.2, 0.25) is 0 Å². The Balaban J connectivity index is 0.000000333. The number of pyridine rings is 1. The minimum absolute atomic E-state index is 0.0599. The second-order valence-corrected chi connectivity index (χ2v) is 10.8. The first-order valence-corrected chi connectivity index (χ1v) is 13.2. The fourth-order valence-electron chi connectivity index (χ4n) is 4.21. The molecule has 0 bridgehead atoms. The van der Waals surface area contributed by atoms with E-state index in [1.807, 2.05) is 24.4 Å². The first kappa shape index (κ1) is 33.0. The molecule has 1 aromatic carbocycles. The summed E-state index contributed by atoms with van der Waals surface area (Å²) in [6.07, 6.45) is -4.19. The Morgan fingerprint density at radius 2 is 1.40 bits per heavy atom. The molecule has 1 saturated heterocycles. The molecule has 1 aliphatic heterocycles. The van der Waals surface area contributed by atoms with E-state index in [0.717, 1.165) is 51.0 Å². The largest absolute Gasteiger partial charge is 0.490 e. The summed E-state index contributed by atoms with van der Waals surface area (Å²) in [5.41, 5.74) is 1.22. The lowest BCUT2D eigenvalue weighted by Gasteiger charge is -2.53. The van der Waals surface area contributed by atoms with Gasteiger partial charge in [-0.1, -0.05) is 24.3 Å². The maximum absolute atomic E-state index is 12.6. The van der Waals surface area contributed by atoms with E-state index in [2.05, 4.69) is 20.7 Å². The lowest BCUT2D eigenvalue weighted by molar-refractivity contribution is -0.193. The van der Waals surface area contributed by atoms with Crippen LogP contribution in [0.15, 0.2) is 59.6 Å². The van der Waals surface area contributed by atoms with E-state index in [-0.39, 0.29) is 11.5 Å². The monoisotopic (exact) mass is 599 g/mol. The topological polar surface area (TPSA) is 137 Å². The molecule has 1 aromatic heterocycles. The number of aliphatic carboxylic acids is 2. The summed E-state index contributed by atoms with van der Waals surface area (Å²) in [4.78, 5) is 25.0. The van der Waals surface area contributed by atoms with Crippen LogP contribution in [0.25, 0.3) is 0 Å². The number of aromatic nitrogens is 1. The number of hydrogen-bond donors (Lipinski definition) is 3. The maximum atomic E-state index is 12.6. The summed E-state index contributed by atoms with van der Waals surface area (Å²) in [5.74, 6) is -5.51. The van der Waals surface area contributed by atoms with Gasteiger partial charge in [0.2, 0.25) is 10.0 Å². The molecule has 0 radical (unpaired) electrons. The zero-order valence-electron chi connectivity index (χ0n) is 20.8. The average Bonchev–Trinajstić information content (AvgIpc) is 2.88. The molecule has 2 heterocycles. The van der Waals surface area contributed by atoms with E-state index in [9.17, 15) is 34.8 Å². The van der Waals surface area contributed by atoms with Crippen molar-refractivity contribution in [2.75, 3.05) is 13.1 Å². The van der Waals surface area contributed by atoms with Crippen LogP contribution in [0, 0.1) is 5.41 Å². The summed E-state index contributed by atoms with van der Waals surface area (Å²) in [6.45, 7) is 2.87. The Labute approximate surface area is 225 Å². The molecule has 1 aliphatic carbocycles. The molecule has 1 spiro atoms. The van der Waals surface area contributed by atoms with E-state index in [0.29, 0.717) is 4.90 Å². The molecule has 40 heavy (non-hydrogen) atoms. The summed E-state index contributed by atoms with van der Waals surface area (Å²) >= 11 is 0. The van der Waals surface area contributed by atoms with Gasteiger partial charge in [-0.3, -0.25) is 9.88 Å². The molecular formula is C24H27F6N3O6S. The van der Waals surface area contributed by atoms with Crippen molar-refractivity contribution in [2.24, 2.45) is 5.41 Å². The second kappa shape index (κ2) is 13.4. The van der Waals surface area contributed by atoms with Gasteiger partial charge in [0.1, 0.15) is 0 Å². The van der Waals surface area contributed by atoms with Gasteiger partial charge in [0, 0.05) is 18.8 Å². The van der Waals surface area contributed by atoms with Crippen LogP contribution >= 0.6 is 0 Å². The molecule has 2 fully saturated rings. The van der Waals surface area contributed by atoms with Gasteiger partial charge < -0.3 is 10.2 Å². The number of carbonyl (C=O) groups is 2. The SMILES string of the molecule is O=C(O)C(F)(F)F.O=C(O)C(F)(F)F.O=S(=O)(NC1CCC12CCN(Cc1ccccn1)CC2)c1ccccc1. The first-order valence-electron chi connectivity index (χ1n) is 11.8. The number of alkyl halides is 6. The van der Waals surface area contributed by atoms with Gasteiger partial charge in [0.05, 0.1) is 10.6 Å². The highest BCUT2D eigenvalue weighted by atomic mass is 32.2. The van der Waals surface area contributed by atoms with Crippen molar-refractivity contribution in [2.45, 2.75) is 55.5 Å². The number of piperidine rings is 1. The Morgan fingerprint density at radius 3 is 1.80 bits per heavy atom. The summed E-state index contributed by atoms with van der Waals surface area (Å²) in [7, 11) is -3.43. The summed E-state index contributed by atoms with van der Waals surface area (Å²) in [6, 6.07) is 14.8. The molecule has 4 rings (SSSR count). The molecule has 9 nitrogen and oxygen atoms in total. The number of nitrogens with zero attached hydrogens (tertiary/aromatic N) is 2. The fourth-order valence-corrected chi connectivity index (χ4v) is 5.61. The summed E-state index contributed by atoms with van der Waals surface area (Å²) < 4.78 is 91.7. The minimum atomic E-state index is -5.08. The van der Waals surface area contributed by atoms with E-state index in [1.165, 1.54) is 0 Å². The summed E-state index contributed by atoms with van der Waals surface area (Å²) in [5, 5.41) is 14.2. The predicted octanol–water partition coefficient (Wildman–Crippen LogP) is 4.07. The molecule has 2 aliphatic rings. The highest BCUT2D eigenvalue weighted by Crippen LogP contribution is 2.49. The van der Waals surface area contributed by atoms with E-state index in [4.69, 9.17) is 19.8 Å². The molecule has 1 saturated carbocycles. The zero-order valence-corrected chi connectivity index (χ0v) is 21.6. The number of sulfonamides is 1. The number of carboxylic acids is 2. The molecule has 16 heteroatoms. The lowest BCUT2D eigenvalue weighted by Crippen LogP contribution is -2.58. The van der Waals surface area contributed by atoms with Gasteiger partial charge >= 0.3 is 24.3 Å². The van der Waals surface area contributed by atoms with Crippen LogP contribution in [0.4, 0.5) is 26.3 Å². The third-order valence-electron chi connectivity index (χ3n) is 6.47. The van der Waals surface area contributed by atoms with Crippen LogP contribution < -0.4 is 4.72 Å². The molecule has 222 valence electrons. The Morgan fingerprint density at radius 1 is 0.900 bits per heavy atom. The molecule has 2 aromatic rings. The predicted molar refractivity (Wildman–Crippen MR) is 128 cm³/mol. The number of nitrogens with one attached hydrogen (secondary N) is 1. The van der Waals surface area contributed by atoms with E-state index < -0.39 is 34.3 Å². The van der Waals surface area contributed by atoms with Crippen LogP contribution in [0.1, 0.15) is 31.4 Å². The Bertz CT molecular complexity index is 1200. The van der Waals surface area contributed by atoms with Gasteiger partial charge in [-0.2, -0.15) is 26.3 Å². The van der Waals surface area contributed by atoms with Gasteiger partial charge in [0.25, 0.3) is 0 Å². The maximum Gasteiger partial charge on any atom is 0.490 e. The van der Waals surface area contributed by atoms with Gasteiger partial charge in [-0.25, -0.2) is 22.7 Å². The van der Waals surface area contributed by atoms with Gasteiger partial charge in [-0.15, -0.1) is 0 Å². The number of hydrogen-bond acceptors (Lipinski definition) is 6. The van der Waals surface area contributed by atoms with Crippen LogP contribution in [-0.4, -0.2) is 71.9 Å². The standard InChI is InChI=1S/C20H25N3O2S.2C2HF3O2/c24-26(25,18-7-2-1-3-8-18)22-19-9-10-20(19)11-14-23(15-12-20)16-17-6-4-5-13-21-17;2*3-2(4,5)1(6)7/h1-8,13,19,22H,9-12,14-16H2;2*(H,6,7). The van der Waals surface area contributed by atoms with Crippen LogP contribution in [0.3, 0.4) is 0 Å². The van der Waals surface area contributed by atoms with E-state index >= 15 is 0 Å². The van der Waals surface area contributed by atoms with Crippen molar-refractivity contribution in [3.63, 3.8) is 0 Å². The quantitative estimate of drug-likeness (QED) is 0.438. The molecular weight excluding hydrogens is 572 g/mol. The van der Waals surface area contributed by atoms with Crippen LogP contribution in [-0.2, 0) is 26.2 Å². The average molecular weight is 600 g/mol. The third-order valence-corrected chi connectivity index (χ3v) is 7.96. The second-order valence-electron chi connectivity index (χ2n) is 9.09. The molecule has 1 atom stereocenters. The highest BCUT2D eigenvalue weighted by Gasteiger charge is 2.49. The van der Waals surface area contributed by atoms with Crippen molar-refractivity contribution in [3.05, 3.63) is 60.4 Å². The number of carboxylic acid groups (broad SMARTS) is 2.